The summed E-state index contributed by atoms with van der Waals surface area (Å²) < 4.78 is 36.4. The van der Waals surface area contributed by atoms with Crippen molar-refractivity contribution in [2.24, 2.45) is 0 Å². The molecule has 320 valence electrons. The molecule has 17 heteroatoms. The Kier molecular flexibility index (Phi) is 17.5. The Bertz CT molecular complexity index is 1590. The summed E-state index contributed by atoms with van der Waals surface area (Å²) in [5, 5.41) is 9.29. The van der Waals surface area contributed by atoms with Crippen molar-refractivity contribution in [1.82, 2.24) is 25.9 Å². The molecule has 4 saturated heterocycles. The van der Waals surface area contributed by atoms with Crippen LogP contribution >= 0.6 is 45.2 Å². The van der Waals surface area contributed by atoms with Gasteiger partial charge >= 0.3 is 12.2 Å². The average molecular weight is 1020 g/mol. The van der Waals surface area contributed by atoms with E-state index in [2.05, 4.69) is 95.0 Å². The number of anilines is 3. The quantitative estimate of drug-likeness (QED) is 0.216. The number of rotatable bonds is 5. The van der Waals surface area contributed by atoms with Crippen LogP contribution in [0.2, 0.25) is 0 Å². The molecule has 2 amide bonds. The van der Waals surface area contributed by atoms with Gasteiger partial charge in [0.25, 0.3) is 0 Å². The summed E-state index contributed by atoms with van der Waals surface area (Å²) in [6, 6.07) is 7.54. The van der Waals surface area contributed by atoms with Crippen LogP contribution in [0.1, 0.15) is 81.1 Å². The van der Waals surface area contributed by atoms with Gasteiger partial charge in [-0.1, -0.05) is 0 Å². The van der Waals surface area contributed by atoms with Crippen LogP contribution in [0.5, 0.6) is 0 Å². The zero-order valence-corrected chi connectivity index (χ0v) is 39.3. The minimum absolute atomic E-state index is 0.166. The highest BCUT2D eigenvalue weighted by Crippen LogP contribution is 2.29. The second-order valence-corrected chi connectivity index (χ2v) is 19.8. The number of carbonyl (C=O) groups is 2. The van der Waals surface area contributed by atoms with E-state index in [1.54, 1.807) is 0 Å². The van der Waals surface area contributed by atoms with E-state index in [1.165, 1.54) is 6.07 Å². The molecule has 0 unspecified atom stereocenters. The number of hydrogen-bond acceptors (Lipinski definition) is 12. The number of ether oxygens (including phenoxy) is 4. The lowest BCUT2D eigenvalue weighted by Gasteiger charge is -2.42. The second-order valence-electron chi connectivity index (χ2n) is 17.3. The molecule has 0 spiro atoms. The number of alkyl carbamates (subject to hydrolysis) is 2. The third-order valence-corrected chi connectivity index (χ3v) is 10.6. The molecule has 0 saturated carbocycles. The Morgan fingerprint density at radius 3 is 1.65 bits per heavy atom. The monoisotopic (exact) mass is 1020 g/mol. The van der Waals surface area contributed by atoms with Crippen LogP contribution in [0, 0.1) is 13.1 Å². The van der Waals surface area contributed by atoms with E-state index < -0.39 is 17.1 Å². The van der Waals surface area contributed by atoms with Crippen molar-refractivity contribution in [3.8, 4) is 0 Å². The summed E-state index contributed by atoms with van der Waals surface area (Å²) in [4.78, 5) is 39.2. The molecule has 57 heavy (non-hydrogen) atoms. The average Bonchev–Trinajstić information content (AvgIpc) is 3.10. The molecular formula is C40H63FI2N8O6. The van der Waals surface area contributed by atoms with E-state index in [0.717, 1.165) is 103 Å². The van der Waals surface area contributed by atoms with Crippen LogP contribution < -0.4 is 30.7 Å². The van der Waals surface area contributed by atoms with Crippen LogP contribution in [-0.2, 0) is 18.9 Å². The Morgan fingerprint density at radius 1 is 0.719 bits per heavy atom. The molecule has 4 fully saturated rings. The highest BCUT2D eigenvalue weighted by molar-refractivity contribution is 14.1. The molecule has 2 aromatic heterocycles. The summed E-state index contributed by atoms with van der Waals surface area (Å²) in [7, 11) is 0. The molecule has 0 radical (unpaired) electrons. The molecule has 0 aromatic carbocycles. The van der Waals surface area contributed by atoms with Gasteiger partial charge in [0.1, 0.15) is 28.7 Å². The fourth-order valence-electron chi connectivity index (χ4n) is 6.79. The van der Waals surface area contributed by atoms with Crippen LogP contribution in [-0.4, -0.2) is 123 Å². The third kappa shape index (κ3) is 17.0. The molecule has 14 nitrogen and oxygen atoms in total. The lowest BCUT2D eigenvalue weighted by Crippen LogP contribution is -2.57. The van der Waals surface area contributed by atoms with Gasteiger partial charge < -0.3 is 49.6 Å². The maximum absolute atomic E-state index is 13.0. The summed E-state index contributed by atoms with van der Waals surface area (Å²) in [6.07, 6.45) is 3.32. The van der Waals surface area contributed by atoms with Crippen molar-refractivity contribution in [1.29, 1.82) is 0 Å². The first kappa shape index (κ1) is 47.2. The number of amides is 2. The summed E-state index contributed by atoms with van der Waals surface area (Å²) in [6.45, 7) is 25.0. The molecule has 4 aliphatic heterocycles. The number of halogens is 3. The fourth-order valence-corrected chi connectivity index (χ4v) is 7.89. The SMILES string of the molecule is CC(C)(C)OC(=O)N[C@@]1(C)CCCN(c2cc(I)cc(N3CCOCC3)n2)C1.CC(C)(C)OC(=O)N[C@@]1(C)CCCNC1.Fc1cc(I)cc(N2CCOCC2)n1. The largest absolute Gasteiger partial charge is 0.444 e. The maximum atomic E-state index is 13.0. The maximum Gasteiger partial charge on any atom is 0.408 e. The number of piperidine rings is 2. The van der Waals surface area contributed by atoms with Gasteiger partial charge in [-0.3, -0.25) is 0 Å². The van der Waals surface area contributed by atoms with E-state index in [0.29, 0.717) is 25.6 Å². The van der Waals surface area contributed by atoms with E-state index in [9.17, 15) is 14.0 Å². The lowest BCUT2D eigenvalue weighted by atomic mass is 9.91. The van der Waals surface area contributed by atoms with Gasteiger partial charge in [0.05, 0.1) is 37.5 Å². The van der Waals surface area contributed by atoms with Crippen molar-refractivity contribution >= 4 is 74.8 Å². The Labute approximate surface area is 365 Å². The molecule has 3 N–H and O–H groups in total. The van der Waals surface area contributed by atoms with E-state index in [-0.39, 0.29) is 23.3 Å². The number of morpholine rings is 2. The zero-order chi connectivity index (χ0) is 41.9. The first-order valence-electron chi connectivity index (χ1n) is 19.8. The van der Waals surface area contributed by atoms with Crippen LogP contribution in [0.15, 0.2) is 24.3 Å². The van der Waals surface area contributed by atoms with Crippen molar-refractivity contribution in [2.75, 3.05) is 93.5 Å². The van der Waals surface area contributed by atoms with Gasteiger partial charge in [-0.05, 0) is 151 Å². The van der Waals surface area contributed by atoms with Gasteiger partial charge in [-0.15, -0.1) is 0 Å². The number of carbonyl (C=O) groups excluding carboxylic acids is 2. The van der Waals surface area contributed by atoms with Gasteiger partial charge in [0, 0.05) is 59.0 Å². The molecule has 2 aromatic rings. The smallest absolute Gasteiger partial charge is 0.408 e. The highest BCUT2D eigenvalue weighted by atomic mass is 127. The standard InChI is InChI=1S/C20H31IN4O3.C11H22N2O2.C9H10FIN2O/c1-19(2,3)28-18(26)23-20(4)6-5-7-25(14-20)17-13-15(21)12-16(22-17)24-8-10-27-11-9-24;1-10(2,3)15-9(14)13-11(4)6-5-7-12-8-11;10-8-5-7(11)6-9(12-8)13-1-3-14-4-2-13/h12-13H,5-11,14H2,1-4H3,(H,23,26);12H,5-8H2,1-4H3,(H,13,14);5-6H,1-4H2/t20-;11-;/m00./s1. The minimum atomic E-state index is -0.501. The minimum Gasteiger partial charge on any atom is -0.444 e. The number of nitrogens with one attached hydrogen (secondary N) is 3. The zero-order valence-electron chi connectivity index (χ0n) is 34.9. The molecule has 0 bridgehead atoms. The Balaban J connectivity index is 0.000000209. The van der Waals surface area contributed by atoms with Gasteiger partial charge in [-0.25, -0.2) is 19.6 Å². The van der Waals surface area contributed by atoms with E-state index >= 15 is 0 Å². The fraction of sp³-hybridized carbons (Fsp3) is 0.700. The molecule has 2 atom stereocenters. The summed E-state index contributed by atoms with van der Waals surface area (Å²) >= 11 is 4.44. The third-order valence-electron chi connectivity index (χ3n) is 9.40. The van der Waals surface area contributed by atoms with Crippen molar-refractivity contribution < 1.29 is 32.9 Å². The molecule has 6 rings (SSSR count). The first-order valence-corrected chi connectivity index (χ1v) is 22.0. The number of aromatic nitrogens is 2. The van der Waals surface area contributed by atoms with Crippen LogP contribution in [0.25, 0.3) is 0 Å². The molecule has 4 aliphatic rings. The van der Waals surface area contributed by atoms with E-state index in [4.69, 9.17) is 23.9 Å². The Hall–Kier alpha value is -2.49. The van der Waals surface area contributed by atoms with Gasteiger partial charge in [-0.2, -0.15) is 4.39 Å². The van der Waals surface area contributed by atoms with Gasteiger partial charge in [0.2, 0.25) is 5.95 Å². The lowest BCUT2D eigenvalue weighted by molar-refractivity contribution is 0.0438. The van der Waals surface area contributed by atoms with Crippen molar-refractivity contribution in [3.05, 3.63) is 37.4 Å². The molecule has 6 heterocycles. The Morgan fingerprint density at radius 2 is 1.18 bits per heavy atom. The van der Waals surface area contributed by atoms with Crippen LogP contribution in [0.4, 0.5) is 31.4 Å². The number of hydrogen-bond donors (Lipinski definition) is 3. The normalized spacial score (nSPS) is 22.9. The number of nitrogens with zero attached hydrogens (tertiary/aromatic N) is 5. The van der Waals surface area contributed by atoms with E-state index in [1.807, 2.05) is 59.4 Å². The second kappa shape index (κ2) is 21.2. The van der Waals surface area contributed by atoms with Gasteiger partial charge in [0.15, 0.2) is 0 Å². The molecular weight excluding hydrogens is 961 g/mol. The highest BCUT2D eigenvalue weighted by Gasteiger charge is 2.35. The predicted molar refractivity (Wildman–Crippen MR) is 239 cm³/mol. The van der Waals surface area contributed by atoms with Crippen LogP contribution in [0.3, 0.4) is 0 Å². The summed E-state index contributed by atoms with van der Waals surface area (Å²) in [5.41, 5.74) is -1.44. The molecule has 0 aliphatic carbocycles. The van der Waals surface area contributed by atoms with Crippen molar-refractivity contribution in [2.45, 2.75) is 103 Å². The first-order chi connectivity index (χ1) is 26.7. The predicted octanol–water partition coefficient (Wildman–Crippen LogP) is 6.72. The topological polar surface area (TPSA) is 143 Å². The van der Waals surface area contributed by atoms with Crippen molar-refractivity contribution in [3.63, 3.8) is 0 Å². The number of pyridine rings is 2. The summed E-state index contributed by atoms with van der Waals surface area (Å²) in [5.74, 6) is 2.25.